The summed E-state index contributed by atoms with van der Waals surface area (Å²) in [4.78, 5) is 0.309. The normalized spacial score (nSPS) is 12.4. The number of hydrogen-bond acceptors (Lipinski definition) is 0. The second kappa shape index (κ2) is 6.23. The summed E-state index contributed by atoms with van der Waals surface area (Å²) >= 11 is 13.2. The van der Waals surface area contributed by atoms with Gasteiger partial charge in [-0.05, 0) is 54.3 Å². The van der Waals surface area contributed by atoms with Crippen molar-refractivity contribution in [2.24, 2.45) is 0 Å². The maximum absolute atomic E-state index is 5.98. The first kappa shape index (κ1) is 14.1. The molecule has 2 aromatic rings. The molecule has 0 spiro atoms. The lowest BCUT2D eigenvalue weighted by atomic mass is 10.0. The van der Waals surface area contributed by atoms with Crippen LogP contribution in [-0.2, 0) is 6.42 Å². The lowest BCUT2D eigenvalue weighted by molar-refractivity contribution is 0.937. The summed E-state index contributed by atoms with van der Waals surface area (Å²) < 4.78 is 1.12. The minimum atomic E-state index is 0.309. The van der Waals surface area contributed by atoms with Crippen molar-refractivity contribution in [3.63, 3.8) is 0 Å². The molecule has 3 heteroatoms. The number of benzene rings is 2. The Bertz CT molecular complexity index is 552. The Morgan fingerprint density at radius 2 is 1.94 bits per heavy atom. The van der Waals surface area contributed by atoms with Crippen molar-refractivity contribution in [3.05, 3.63) is 68.7 Å². The molecule has 2 aromatic carbocycles. The van der Waals surface area contributed by atoms with E-state index in [4.69, 9.17) is 11.6 Å². The fourth-order valence-electron chi connectivity index (χ4n) is 1.97. The summed E-state index contributed by atoms with van der Waals surface area (Å²) in [6.07, 6.45) is 0.960. The van der Waals surface area contributed by atoms with Gasteiger partial charge in [-0.2, -0.15) is 0 Å². The zero-order valence-corrected chi connectivity index (χ0v) is 13.9. The van der Waals surface area contributed by atoms with E-state index in [2.05, 4.69) is 63.0 Å². The molecule has 0 nitrogen and oxygen atoms in total. The molecule has 0 heterocycles. The predicted molar refractivity (Wildman–Crippen MR) is 85.7 cm³/mol. The molecule has 1 atom stereocenters. The van der Waals surface area contributed by atoms with Crippen LogP contribution in [0.15, 0.2) is 46.9 Å². The van der Waals surface area contributed by atoms with Crippen LogP contribution in [-0.4, -0.2) is 0 Å². The molecule has 0 fully saturated rings. The first-order valence-corrected chi connectivity index (χ1v) is 7.79. The molecule has 0 saturated carbocycles. The third-order valence-corrected chi connectivity index (χ3v) is 4.42. The smallest absolute Gasteiger partial charge is 0.0438 e. The molecule has 0 radical (unpaired) electrons. The van der Waals surface area contributed by atoms with Crippen molar-refractivity contribution in [1.29, 1.82) is 0 Å². The quantitative estimate of drug-likeness (QED) is 0.558. The Hall–Kier alpha value is -0.310. The summed E-state index contributed by atoms with van der Waals surface area (Å²) in [5.74, 6) is 0. The van der Waals surface area contributed by atoms with Gasteiger partial charge in [0.1, 0.15) is 0 Å². The van der Waals surface area contributed by atoms with Crippen LogP contribution in [0.2, 0.25) is 5.02 Å². The van der Waals surface area contributed by atoms with Gasteiger partial charge in [0.25, 0.3) is 0 Å². The first-order valence-electron chi connectivity index (χ1n) is 5.71. The zero-order chi connectivity index (χ0) is 13.1. The largest absolute Gasteiger partial charge is 0.0843 e. The predicted octanol–water partition coefficient (Wildman–Crippen LogP) is 6.09. The van der Waals surface area contributed by atoms with Crippen LogP contribution in [0.3, 0.4) is 0 Å². The second-order valence-corrected chi connectivity index (χ2v) is 6.76. The van der Waals surface area contributed by atoms with E-state index in [-0.39, 0.29) is 0 Å². The van der Waals surface area contributed by atoms with E-state index in [0.717, 1.165) is 15.9 Å². The molecule has 0 N–H and O–H groups in total. The molecule has 18 heavy (non-hydrogen) atoms. The molecular formula is C15H13Br2Cl. The first-order chi connectivity index (χ1) is 8.56. The molecule has 0 aliphatic rings. The van der Waals surface area contributed by atoms with Crippen LogP contribution in [0.5, 0.6) is 0 Å². The molecular weight excluding hydrogens is 375 g/mol. The fourth-order valence-corrected chi connectivity index (χ4v) is 3.53. The van der Waals surface area contributed by atoms with E-state index < -0.39 is 0 Å². The molecule has 0 aliphatic heterocycles. The fraction of sp³-hybridized carbons (Fsp3) is 0.200. The van der Waals surface area contributed by atoms with Crippen molar-refractivity contribution >= 4 is 43.5 Å². The lowest BCUT2D eigenvalue weighted by Crippen LogP contribution is -1.98. The average Bonchev–Trinajstić information content (AvgIpc) is 2.28. The monoisotopic (exact) mass is 386 g/mol. The molecule has 2 rings (SSSR count). The number of alkyl halides is 1. The highest BCUT2D eigenvalue weighted by molar-refractivity contribution is 9.10. The SMILES string of the molecule is Cc1cc(Cl)ccc1C(Br)Cc1cccc(Br)c1. The van der Waals surface area contributed by atoms with Gasteiger partial charge in [0, 0.05) is 14.3 Å². The minimum Gasteiger partial charge on any atom is -0.0843 e. The minimum absolute atomic E-state index is 0.309. The van der Waals surface area contributed by atoms with E-state index in [1.807, 2.05) is 18.2 Å². The summed E-state index contributed by atoms with van der Waals surface area (Å²) in [6, 6.07) is 14.4. The van der Waals surface area contributed by atoms with Crippen molar-refractivity contribution in [2.45, 2.75) is 18.2 Å². The number of halogens is 3. The Labute approximate surface area is 130 Å². The third-order valence-electron chi connectivity index (χ3n) is 2.87. The highest BCUT2D eigenvalue weighted by atomic mass is 79.9. The average molecular weight is 389 g/mol. The van der Waals surface area contributed by atoms with Crippen molar-refractivity contribution in [2.75, 3.05) is 0 Å². The van der Waals surface area contributed by atoms with Crippen LogP contribution in [0, 0.1) is 6.92 Å². The Morgan fingerprint density at radius 3 is 2.61 bits per heavy atom. The van der Waals surface area contributed by atoms with Gasteiger partial charge in [0.15, 0.2) is 0 Å². The summed E-state index contributed by atoms with van der Waals surface area (Å²) in [7, 11) is 0. The van der Waals surface area contributed by atoms with E-state index in [0.29, 0.717) is 4.83 Å². The van der Waals surface area contributed by atoms with Gasteiger partial charge in [-0.3, -0.25) is 0 Å². The lowest BCUT2D eigenvalue weighted by Gasteiger charge is -2.13. The van der Waals surface area contributed by atoms with Crippen molar-refractivity contribution in [1.82, 2.24) is 0 Å². The van der Waals surface area contributed by atoms with Gasteiger partial charge in [0.05, 0.1) is 0 Å². The van der Waals surface area contributed by atoms with Gasteiger partial charge in [-0.25, -0.2) is 0 Å². The highest BCUT2D eigenvalue weighted by Crippen LogP contribution is 2.31. The van der Waals surface area contributed by atoms with Crippen LogP contribution in [0.4, 0.5) is 0 Å². The maximum Gasteiger partial charge on any atom is 0.0438 e. The van der Waals surface area contributed by atoms with Crippen LogP contribution < -0.4 is 0 Å². The summed E-state index contributed by atoms with van der Waals surface area (Å²) in [5.41, 5.74) is 3.82. The summed E-state index contributed by atoms with van der Waals surface area (Å²) in [6.45, 7) is 2.09. The van der Waals surface area contributed by atoms with E-state index in [9.17, 15) is 0 Å². The molecule has 0 amide bonds. The Kier molecular flexibility index (Phi) is 4.88. The van der Waals surface area contributed by atoms with Gasteiger partial charge in [0.2, 0.25) is 0 Å². The number of aryl methyl sites for hydroxylation is 1. The van der Waals surface area contributed by atoms with Crippen LogP contribution in [0.25, 0.3) is 0 Å². The summed E-state index contributed by atoms with van der Waals surface area (Å²) in [5, 5.41) is 0.790. The number of rotatable bonds is 3. The van der Waals surface area contributed by atoms with Gasteiger partial charge in [-0.1, -0.05) is 61.7 Å². The van der Waals surface area contributed by atoms with E-state index in [1.165, 1.54) is 16.7 Å². The second-order valence-electron chi connectivity index (χ2n) is 4.30. The molecule has 94 valence electrons. The maximum atomic E-state index is 5.98. The van der Waals surface area contributed by atoms with Crippen molar-refractivity contribution < 1.29 is 0 Å². The molecule has 0 saturated heterocycles. The van der Waals surface area contributed by atoms with Crippen molar-refractivity contribution in [3.8, 4) is 0 Å². The molecule has 1 unspecified atom stereocenters. The standard InChI is InChI=1S/C15H13Br2Cl/c1-10-7-13(18)5-6-14(10)15(17)9-11-3-2-4-12(16)8-11/h2-8,15H,9H2,1H3. The zero-order valence-electron chi connectivity index (χ0n) is 9.96. The van der Waals surface area contributed by atoms with Gasteiger partial charge in [-0.15, -0.1) is 0 Å². The van der Waals surface area contributed by atoms with Crippen LogP contribution >= 0.6 is 43.5 Å². The molecule has 0 aliphatic carbocycles. The van der Waals surface area contributed by atoms with Crippen LogP contribution in [0.1, 0.15) is 21.5 Å². The van der Waals surface area contributed by atoms with E-state index >= 15 is 0 Å². The Balaban J connectivity index is 2.19. The van der Waals surface area contributed by atoms with Gasteiger partial charge >= 0.3 is 0 Å². The molecule has 0 bridgehead atoms. The molecule has 0 aromatic heterocycles. The van der Waals surface area contributed by atoms with E-state index in [1.54, 1.807) is 0 Å². The third kappa shape index (κ3) is 3.59. The van der Waals surface area contributed by atoms with Gasteiger partial charge < -0.3 is 0 Å². The number of hydrogen-bond donors (Lipinski definition) is 0. The highest BCUT2D eigenvalue weighted by Gasteiger charge is 2.11. The topological polar surface area (TPSA) is 0 Å². The Morgan fingerprint density at radius 1 is 1.17 bits per heavy atom.